The average molecular weight is 292 g/mol. The maximum atomic E-state index is 13.0. The molecule has 108 valence electrons. The summed E-state index contributed by atoms with van der Waals surface area (Å²) in [6, 6.07) is 6.76. The molecule has 0 bridgehead atoms. The van der Waals surface area contributed by atoms with Crippen LogP contribution in [0.5, 0.6) is 0 Å². The van der Waals surface area contributed by atoms with Crippen molar-refractivity contribution >= 4 is 11.3 Å². The second kappa shape index (κ2) is 6.46. The van der Waals surface area contributed by atoms with Gasteiger partial charge in [-0.15, -0.1) is 11.3 Å². The Kier molecular flexibility index (Phi) is 4.89. The molecule has 0 amide bonds. The molecule has 2 nitrogen and oxygen atoms in total. The minimum absolute atomic E-state index is 0.107. The number of halogens is 1. The van der Waals surface area contributed by atoms with Gasteiger partial charge >= 0.3 is 0 Å². The van der Waals surface area contributed by atoms with E-state index in [1.54, 1.807) is 23.5 Å². The highest BCUT2D eigenvalue weighted by Gasteiger charge is 2.16. The fourth-order valence-corrected chi connectivity index (χ4v) is 2.85. The van der Waals surface area contributed by atoms with Gasteiger partial charge in [0.25, 0.3) is 0 Å². The number of nitrogens with one attached hydrogen (secondary N) is 1. The lowest BCUT2D eigenvalue weighted by molar-refractivity contribution is 0.568. The molecular formula is C16H21FN2S. The Labute approximate surface area is 124 Å². The van der Waals surface area contributed by atoms with Crippen LogP contribution in [-0.2, 0) is 18.4 Å². The van der Waals surface area contributed by atoms with Crippen LogP contribution in [0.2, 0.25) is 0 Å². The number of hydrogen-bond acceptors (Lipinski definition) is 3. The molecule has 0 saturated heterocycles. The summed E-state index contributed by atoms with van der Waals surface area (Å²) in [4.78, 5) is 4.64. The Morgan fingerprint density at radius 2 is 2.10 bits per heavy atom. The highest BCUT2D eigenvalue weighted by atomic mass is 32.1. The summed E-state index contributed by atoms with van der Waals surface area (Å²) in [5, 5.41) is 6.59. The number of hydrogen-bond donors (Lipinski definition) is 1. The molecule has 0 aliphatic carbocycles. The molecule has 20 heavy (non-hydrogen) atoms. The zero-order valence-corrected chi connectivity index (χ0v) is 13.1. The van der Waals surface area contributed by atoms with Crippen molar-refractivity contribution in [2.75, 3.05) is 6.54 Å². The highest BCUT2D eigenvalue weighted by Crippen LogP contribution is 2.23. The summed E-state index contributed by atoms with van der Waals surface area (Å²) in [7, 11) is 0. The molecule has 1 N–H and O–H groups in total. The Balaban J connectivity index is 1.77. The van der Waals surface area contributed by atoms with E-state index in [4.69, 9.17) is 0 Å². The van der Waals surface area contributed by atoms with E-state index in [0.717, 1.165) is 35.8 Å². The Bertz CT molecular complexity index is 558. The van der Waals surface area contributed by atoms with Crippen molar-refractivity contribution in [3.63, 3.8) is 0 Å². The molecule has 1 heterocycles. The van der Waals surface area contributed by atoms with Crippen molar-refractivity contribution in [3.05, 3.63) is 51.7 Å². The molecule has 2 rings (SSSR count). The van der Waals surface area contributed by atoms with Crippen LogP contribution >= 0.6 is 11.3 Å². The van der Waals surface area contributed by atoms with E-state index in [9.17, 15) is 4.39 Å². The summed E-state index contributed by atoms with van der Waals surface area (Å²) >= 11 is 1.69. The van der Waals surface area contributed by atoms with Gasteiger partial charge in [-0.2, -0.15) is 0 Å². The molecule has 0 spiro atoms. The summed E-state index contributed by atoms with van der Waals surface area (Å²) in [6.07, 6.45) is 0.829. The lowest BCUT2D eigenvalue weighted by Gasteiger charge is -2.14. The van der Waals surface area contributed by atoms with Gasteiger partial charge in [0.15, 0.2) is 0 Å². The van der Waals surface area contributed by atoms with Crippen molar-refractivity contribution in [2.24, 2.45) is 0 Å². The summed E-state index contributed by atoms with van der Waals surface area (Å²) in [5.41, 5.74) is 2.27. The number of nitrogens with zero attached hydrogens (tertiary/aromatic N) is 1. The topological polar surface area (TPSA) is 24.9 Å². The first-order valence-electron chi connectivity index (χ1n) is 6.85. The normalized spacial score (nSPS) is 11.8. The standard InChI is InChI=1S/C16H21FN2S/c1-16(2,3)14-11-20-15(19-14)10-18-8-7-12-5-4-6-13(17)9-12/h4-6,9,11,18H,7-8,10H2,1-3H3. The largest absolute Gasteiger partial charge is 0.310 e. The van der Waals surface area contributed by atoms with Crippen LogP contribution in [0.4, 0.5) is 4.39 Å². The summed E-state index contributed by atoms with van der Waals surface area (Å²) in [5.74, 6) is -0.169. The van der Waals surface area contributed by atoms with Gasteiger partial charge < -0.3 is 5.32 Å². The van der Waals surface area contributed by atoms with Gasteiger partial charge in [-0.25, -0.2) is 9.37 Å². The van der Waals surface area contributed by atoms with E-state index in [1.165, 1.54) is 6.07 Å². The monoisotopic (exact) mass is 292 g/mol. The molecule has 0 unspecified atom stereocenters. The van der Waals surface area contributed by atoms with Crippen LogP contribution in [0.3, 0.4) is 0 Å². The van der Waals surface area contributed by atoms with Crippen molar-refractivity contribution in [3.8, 4) is 0 Å². The second-order valence-corrected chi connectivity index (χ2v) is 6.88. The van der Waals surface area contributed by atoms with Gasteiger partial charge in [0.05, 0.1) is 5.69 Å². The second-order valence-electron chi connectivity index (χ2n) is 5.93. The van der Waals surface area contributed by atoms with Crippen LogP contribution in [0.25, 0.3) is 0 Å². The van der Waals surface area contributed by atoms with Crippen molar-refractivity contribution in [1.82, 2.24) is 10.3 Å². The average Bonchev–Trinajstić information content (AvgIpc) is 2.83. The first-order valence-corrected chi connectivity index (χ1v) is 7.73. The molecule has 0 saturated carbocycles. The maximum absolute atomic E-state index is 13.0. The third-order valence-corrected chi connectivity index (χ3v) is 3.92. The van der Waals surface area contributed by atoms with E-state index < -0.39 is 0 Å². The van der Waals surface area contributed by atoms with Crippen molar-refractivity contribution in [1.29, 1.82) is 0 Å². The first-order chi connectivity index (χ1) is 9.45. The van der Waals surface area contributed by atoms with E-state index in [1.807, 2.05) is 6.07 Å². The van der Waals surface area contributed by atoms with E-state index in [-0.39, 0.29) is 11.2 Å². The zero-order valence-electron chi connectivity index (χ0n) is 12.2. The lowest BCUT2D eigenvalue weighted by Crippen LogP contribution is -2.17. The van der Waals surface area contributed by atoms with Crippen LogP contribution in [0.1, 0.15) is 37.0 Å². The summed E-state index contributed by atoms with van der Waals surface area (Å²) < 4.78 is 13.0. The highest BCUT2D eigenvalue weighted by molar-refractivity contribution is 7.09. The molecule has 0 aliphatic heterocycles. The number of rotatable bonds is 5. The molecule has 1 aromatic carbocycles. The first kappa shape index (κ1) is 15.1. The van der Waals surface area contributed by atoms with Gasteiger partial charge in [0, 0.05) is 17.3 Å². The van der Waals surface area contributed by atoms with E-state index in [2.05, 4.69) is 36.5 Å². The minimum atomic E-state index is -0.169. The smallest absolute Gasteiger partial charge is 0.123 e. The van der Waals surface area contributed by atoms with Gasteiger partial charge in [0.1, 0.15) is 10.8 Å². The minimum Gasteiger partial charge on any atom is -0.310 e. The van der Waals surface area contributed by atoms with Crippen LogP contribution in [0, 0.1) is 5.82 Å². The molecule has 4 heteroatoms. The van der Waals surface area contributed by atoms with Gasteiger partial charge in [-0.3, -0.25) is 0 Å². The van der Waals surface area contributed by atoms with E-state index in [0.29, 0.717) is 0 Å². The van der Waals surface area contributed by atoms with Gasteiger partial charge in [-0.1, -0.05) is 32.9 Å². The third kappa shape index (κ3) is 4.39. The molecule has 1 aromatic heterocycles. The van der Waals surface area contributed by atoms with Gasteiger partial charge in [0.2, 0.25) is 0 Å². The predicted molar refractivity (Wildman–Crippen MR) is 82.6 cm³/mol. The number of thiazole rings is 1. The molecular weight excluding hydrogens is 271 g/mol. The SMILES string of the molecule is CC(C)(C)c1csc(CNCCc2cccc(F)c2)n1. The third-order valence-electron chi connectivity index (χ3n) is 3.08. The number of aromatic nitrogens is 1. The Morgan fingerprint density at radius 1 is 1.30 bits per heavy atom. The fourth-order valence-electron chi connectivity index (χ4n) is 1.86. The Morgan fingerprint density at radius 3 is 2.75 bits per heavy atom. The predicted octanol–water partition coefficient (Wildman–Crippen LogP) is 3.91. The maximum Gasteiger partial charge on any atom is 0.123 e. The van der Waals surface area contributed by atoms with Crippen LogP contribution in [0.15, 0.2) is 29.6 Å². The molecule has 0 atom stereocenters. The van der Waals surface area contributed by atoms with E-state index >= 15 is 0 Å². The quantitative estimate of drug-likeness (QED) is 0.845. The fraction of sp³-hybridized carbons (Fsp3) is 0.438. The van der Waals surface area contributed by atoms with Crippen molar-refractivity contribution in [2.45, 2.75) is 39.2 Å². The summed E-state index contributed by atoms with van der Waals surface area (Å²) in [6.45, 7) is 8.11. The zero-order chi connectivity index (χ0) is 14.6. The lowest BCUT2D eigenvalue weighted by atomic mass is 9.93. The van der Waals surface area contributed by atoms with Crippen molar-refractivity contribution < 1.29 is 4.39 Å². The van der Waals surface area contributed by atoms with Gasteiger partial charge in [-0.05, 0) is 30.7 Å². The molecule has 0 radical (unpaired) electrons. The Hall–Kier alpha value is -1.26. The molecule has 0 fully saturated rings. The van der Waals surface area contributed by atoms with Crippen LogP contribution < -0.4 is 5.32 Å². The van der Waals surface area contributed by atoms with Crippen LogP contribution in [-0.4, -0.2) is 11.5 Å². The molecule has 2 aromatic rings. The molecule has 0 aliphatic rings. The number of benzene rings is 1.